The molecule has 0 amide bonds. The number of nitrogens with two attached hydrogens (primary N) is 1. The standard InChI is InChI=1S/C9H11NO3S/c1-7(6-13-10)8-2-4-9(5-3-8)14(11)12/h2-6H,10H2,1H3,(H,11,12)/b7-6+. The zero-order chi connectivity index (χ0) is 10.6. The molecule has 0 fully saturated rings. The first-order valence-corrected chi connectivity index (χ1v) is 4.99. The molecule has 1 aromatic carbocycles. The highest BCUT2D eigenvalue weighted by Gasteiger charge is 2.00. The normalized spacial score (nSPS) is 13.8. The summed E-state index contributed by atoms with van der Waals surface area (Å²) >= 11 is -1.93. The Balaban J connectivity index is 2.94. The molecule has 0 aromatic heterocycles. The minimum atomic E-state index is -1.93. The second kappa shape index (κ2) is 4.90. The van der Waals surface area contributed by atoms with Gasteiger partial charge >= 0.3 is 0 Å². The van der Waals surface area contributed by atoms with Gasteiger partial charge in [0.15, 0.2) is 11.1 Å². The lowest BCUT2D eigenvalue weighted by molar-refractivity contribution is 0.262. The highest BCUT2D eigenvalue weighted by molar-refractivity contribution is 7.79. The van der Waals surface area contributed by atoms with E-state index in [-0.39, 0.29) is 0 Å². The molecule has 3 N–H and O–H groups in total. The molecule has 1 aromatic rings. The Morgan fingerprint density at radius 1 is 1.50 bits per heavy atom. The van der Waals surface area contributed by atoms with Crippen molar-refractivity contribution in [3.63, 3.8) is 0 Å². The van der Waals surface area contributed by atoms with Crippen molar-refractivity contribution in [2.24, 2.45) is 5.90 Å². The van der Waals surface area contributed by atoms with E-state index in [1.54, 1.807) is 24.3 Å². The van der Waals surface area contributed by atoms with E-state index in [0.29, 0.717) is 4.90 Å². The van der Waals surface area contributed by atoms with E-state index in [4.69, 9.17) is 10.4 Å². The highest BCUT2D eigenvalue weighted by Crippen LogP contribution is 2.15. The molecule has 5 heteroatoms. The number of hydrogen-bond acceptors (Lipinski definition) is 3. The molecule has 0 spiro atoms. The maximum absolute atomic E-state index is 10.7. The van der Waals surface area contributed by atoms with Gasteiger partial charge in [-0.15, -0.1) is 0 Å². The molecule has 14 heavy (non-hydrogen) atoms. The first kappa shape index (κ1) is 10.9. The Morgan fingerprint density at radius 2 is 2.07 bits per heavy atom. The Hall–Kier alpha value is -1.17. The molecular weight excluding hydrogens is 202 g/mol. The molecule has 1 unspecified atom stereocenters. The lowest BCUT2D eigenvalue weighted by Crippen LogP contribution is -1.91. The van der Waals surface area contributed by atoms with E-state index in [1.807, 2.05) is 6.92 Å². The molecule has 0 heterocycles. The minimum Gasteiger partial charge on any atom is -0.419 e. The van der Waals surface area contributed by atoms with E-state index in [2.05, 4.69) is 4.84 Å². The van der Waals surface area contributed by atoms with Crippen molar-refractivity contribution in [3.8, 4) is 0 Å². The molecule has 0 aliphatic rings. The summed E-state index contributed by atoms with van der Waals surface area (Å²) in [6, 6.07) is 6.63. The van der Waals surface area contributed by atoms with Gasteiger partial charge in [0.05, 0.1) is 4.90 Å². The van der Waals surface area contributed by atoms with E-state index in [9.17, 15) is 4.21 Å². The van der Waals surface area contributed by atoms with E-state index >= 15 is 0 Å². The average molecular weight is 213 g/mol. The Kier molecular flexibility index (Phi) is 3.82. The predicted octanol–water partition coefficient (Wildman–Crippen LogP) is 1.52. The van der Waals surface area contributed by atoms with Crippen LogP contribution in [0.15, 0.2) is 35.4 Å². The predicted molar refractivity (Wildman–Crippen MR) is 54.4 cm³/mol. The van der Waals surface area contributed by atoms with Crippen LogP contribution in [0, 0.1) is 0 Å². The number of hydrogen-bond donors (Lipinski definition) is 2. The van der Waals surface area contributed by atoms with Crippen molar-refractivity contribution >= 4 is 16.7 Å². The van der Waals surface area contributed by atoms with E-state index in [1.165, 1.54) is 6.26 Å². The fourth-order valence-electron chi connectivity index (χ4n) is 1.00. The van der Waals surface area contributed by atoms with Gasteiger partial charge in [-0.1, -0.05) is 12.1 Å². The summed E-state index contributed by atoms with van der Waals surface area (Å²) in [4.78, 5) is 4.73. The topological polar surface area (TPSA) is 72.5 Å². The van der Waals surface area contributed by atoms with Crippen molar-refractivity contribution in [2.45, 2.75) is 11.8 Å². The third-order valence-electron chi connectivity index (χ3n) is 1.76. The van der Waals surface area contributed by atoms with Gasteiger partial charge in [0.1, 0.15) is 6.26 Å². The van der Waals surface area contributed by atoms with Gasteiger partial charge < -0.3 is 9.39 Å². The quantitative estimate of drug-likeness (QED) is 0.453. The van der Waals surface area contributed by atoms with Gasteiger partial charge in [0.25, 0.3) is 0 Å². The summed E-state index contributed by atoms with van der Waals surface area (Å²) in [7, 11) is 0. The second-order valence-electron chi connectivity index (χ2n) is 2.71. The Bertz CT molecular complexity index is 359. The first-order valence-electron chi connectivity index (χ1n) is 3.88. The molecule has 0 radical (unpaired) electrons. The molecule has 4 nitrogen and oxygen atoms in total. The van der Waals surface area contributed by atoms with Crippen LogP contribution in [0.5, 0.6) is 0 Å². The molecule has 1 rings (SSSR count). The Labute approximate surface area is 84.6 Å². The smallest absolute Gasteiger partial charge is 0.186 e. The Morgan fingerprint density at radius 3 is 2.50 bits per heavy atom. The zero-order valence-corrected chi connectivity index (χ0v) is 8.45. The first-order chi connectivity index (χ1) is 6.65. The van der Waals surface area contributed by atoms with E-state index < -0.39 is 11.1 Å². The summed E-state index contributed by atoms with van der Waals surface area (Å²) in [6.07, 6.45) is 1.41. The summed E-state index contributed by atoms with van der Waals surface area (Å²) in [5, 5.41) is 0. The van der Waals surface area contributed by atoms with Crippen LogP contribution in [0.25, 0.3) is 5.57 Å². The number of benzene rings is 1. The summed E-state index contributed by atoms with van der Waals surface area (Å²) in [6.45, 7) is 1.83. The molecule has 0 aliphatic heterocycles. The maximum Gasteiger partial charge on any atom is 0.186 e. The minimum absolute atomic E-state index is 0.371. The third kappa shape index (κ3) is 2.66. The lowest BCUT2D eigenvalue weighted by Gasteiger charge is -2.01. The third-order valence-corrected chi connectivity index (χ3v) is 2.43. The average Bonchev–Trinajstić information content (AvgIpc) is 2.18. The fraction of sp³-hybridized carbons (Fsp3) is 0.111. The number of rotatable bonds is 3. The fourth-order valence-corrected chi connectivity index (χ4v) is 1.37. The van der Waals surface area contributed by atoms with Crippen LogP contribution < -0.4 is 5.90 Å². The van der Waals surface area contributed by atoms with Gasteiger partial charge in [-0.25, -0.2) is 4.21 Å². The van der Waals surface area contributed by atoms with Crippen LogP contribution >= 0.6 is 0 Å². The monoisotopic (exact) mass is 213 g/mol. The van der Waals surface area contributed by atoms with Gasteiger partial charge in [0, 0.05) is 0 Å². The van der Waals surface area contributed by atoms with Crippen molar-refractivity contribution < 1.29 is 13.6 Å². The van der Waals surface area contributed by atoms with Crippen LogP contribution in [0.1, 0.15) is 12.5 Å². The molecule has 0 bridgehead atoms. The lowest BCUT2D eigenvalue weighted by atomic mass is 10.1. The zero-order valence-electron chi connectivity index (χ0n) is 7.64. The second-order valence-corrected chi connectivity index (χ2v) is 3.68. The maximum atomic E-state index is 10.7. The largest absolute Gasteiger partial charge is 0.419 e. The molecule has 0 aliphatic carbocycles. The van der Waals surface area contributed by atoms with Crippen molar-refractivity contribution in [1.82, 2.24) is 0 Å². The molecule has 1 atom stereocenters. The van der Waals surface area contributed by atoms with Crippen molar-refractivity contribution in [2.75, 3.05) is 0 Å². The van der Waals surface area contributed by atoms with Gasteiger partial charge in [0.2, 0.25) is 0 Å². The molecule has 76 valence electrons. The van der Waals surface area contributed by atoms with Crippen LogP contribution in [-0.2, 0) is 15.9 Å². The van der Waals surface area contributed by atoms with Gasteiger partial charge in [-0.05, 0) is 30.2 Å². The van der Waals surface area contributed by atoms with Crippen LogP contribution in [-0.4, -0.2) is 8.76 Å². The summed E-state index contributed by atoms with van der Waals surface area (Å²) in [5.41, 5.74) is 1.74. The van der Waals surface area contributed by atoms with Crippen LogP contribution in [0.2, 0.25) is 0 Å². The van der Waals surface area contributed by atoms with Crippen LogP contribution in [0.4, 0.5) is 0 Å². The van der Waals surface area contributed by atoms with Crippen LogP contribution in [0.3, 0.4) is 0 Å². The SMILES string of the molecule is C/C(=C\ON)c1ccc(S(=O)O)cc1. The summed E-state index contributed by atoms with van der Waals surface area (Å²) < 4.78 is 19.4. The van der Waals surface area contributed by atoms with Gasteiger partial charge in [-0.3, -0.25) is 0 Å². The number of allylic oxidation sites excluding steroid dienone is 1. The van der Waals surface area contributed by atoms with E-state index in [0.717, 1.165) is 11.1 Å². The van der Waals surface area contributed by atoms with Crippen molar-refractivity contribution in [1.29, 1.82) is 0 Å². The highest BCUT2D eigenvalue weighted by atomic mass is 32.2. The molecule has 0 saturated carbocycles. The van der Waals surface area contributed by atoms with Gasteiger partial charge in [-0.2, -0.15) is 5.90 Å². The molecular formula is C9H11NO3S. The molecule has 0 saturated heterocycles. The van der Waals surface area contributed by atoms with Crippen molar-refractivity contribution in [3.05, 3.63) is 36.1 Å². The summed E-state index contributed by atoms with van der Waals surface area (Å²) in [5.74, 6) is 4.88.